The largest absolute Gasteiger partial charge is 0.495 e. The van der Waals surface area contributed by atoms with Crippen LogP contribution >= 0.6 is 0 Å². The first-order valence-electron chi connectivity index (χ1n) is 9.33. The number of carbonyl (C=O) groups is 1. The second-order valence-electron chi connectivity index (χ2n) is 6.56. The highest BCUT2D eigenvalue weighted by molar-refractivity contribution is 5.79. The number of aromatic nitrogens is 1. The maximum Gasteiger partial charge on any atom is 0.407 e. The molecule has 0 saturated carbocycles. The van der Waals surface area contributed by atoms with E-state index in [4.69, 9.17) is 9.47 Å². The predicted octanol–water partition coefficient (Wildman–Crippen LogP) is 3.98. The van der Waals surface area contributed by atoms with Gasteiger partial charge in [-0.1, -0.05) is 60.4 Å². The van der Waals surface area contributed by atoms with Gasteiger partial charge < -0.3 is 14.8 Å². The zero-order valence-electron chi connectivity index (χ0n) is 16.0. The van der Waals surface area contributed by atoms with Crippen molar-refractivity contribution < 1.29 is 14.3 Å². The lowest BCUT2D eigenvalue weighted by Gasteiger charge is -2.14. The zero-order chi connectivity index (χ0) is 20.1. The van der Waals surface area contributed by atoms with Crippen LogP contribution in [0.25, 0.3) is 11.1 Å². The third kappa shape index (κ3) is 3.92. The molecule has 0 fully saturated rings. The second-order valence-corrected chi connectivity index (χ2v) is 6.56. The quantitative estimate of drug-likeness (QED) is 0.691. The Balaban J connectivity index is 1.36. The normalized spacial score (nSPS) is 11.6. The van der Waals surface area contributed by atoms with E-state index in [1.807, 2.05) is 24.3 Å². The lowest BCUT2D eigenvalue weighted by atomic mass is 9.98. The first-order valence-corrected chi connectivity index (χ1v) is 9.33. The standard InChI is InChI=1S/C24H20N2O3/c1-28-23-12-14-25-15-17(23)7-6-13-26-24(27)29-16-22-20-10-4-2-8-18(20)19-9-3-5-11-21(19)22/h2-5,8-12,14-15,22H,13,16H2,1H3,(H,26,27). The van der Waals surface area contributed by atoms with E-state index < -0.39 is 6.09 Å². The lowest BCUT2D eigenvalue weighted by molar-refractivity contribution is 0.144. The average Bonchev–Trinajstić information content (AvgIpc) is 3.09. The predicted molar refractivity (Wildman–Crippen MR) is 111 cm³/mol. The third-order valence-corrected chi connectivity index (χ3v) is 4.89. The highest BCUT2D eigenvalue weighted by atomic mass is 16.5. The Kier molecular flexibility index (Phi) is 5.44. The zero-order valence-corrected chi connectivity index (χ0v) is 16.0. The molecule has 1 N–H and O–H groups in total. The molecule has 5 nitrogen and oxygen atoms in total. The van der Waals surface area contributed by atoms with E-state index in [-0.39, 0.29) is 19.1 Å². The van der Waals surface area contributed by atoms with Crippen molar-refractivity contribution >= 4 is 6.09 Å². The van der Waals surface area contributed by atoms with Crippen LogP contribution in [0.5, 0.6) is 5.75 Å². The summed E-state index contributed by atoms with van der Waals surface area (Å²) in [5, 5.41) is 2.67. The van der Waals surface area contributed by atoms with E-state index in [0.29, 0.717) is 11.3 Å². The maximum atomic E-state index is 12.1. The molecule has 0 atom stereocenters. The molecule has 0 spiro atoms. The number of alkyl carbamates (subject to hydrolysis) is 1. The van der Waals surface area contributed by atoms with Gasteiger partial charge in [-0.25, -0.2) is 4.79 Å². The molecule has 0 radical (unpaired) electrons. The molecule has 1 aliphatic carbocycles. The number of ether oxygens (including phenoxy) is 2. The minimum Gasteiger partial charge on any atom is -0.495 e. The molecular formula is C24H20N2O3. The van der Waals surface area contributed by atoms with Gasteiger partial charge in [0.05, 0.1) is 19.2 Å². The molecule has 0 bridgehead atoms. The number of hydrogen-bond acceptors (Lipinski definition) is 4. The van der Waals surface area contributed by atoms with Crippen LogP contribution in [0.2, 0.25) is 0 Å². The van der Waals surface area contributed by atoms with Crippen molar-refractivity contribution in [2.75, 3.05) is 20.3 Å². The summed E-state index contributed by atoms with van der Waals surface area (Å²) < 4.78 is 10.7. The average molecular weight is 384 g/mol. The smallest absolute Gasteiger partial charge is 0.407 e. The minimum atomic E-state index is -0.487. The van der Waals surface area contributed by atoms with Crippen LogP contribution < -0.4 is 10.1 Å². The number of nitrogens with one attached hydrogen (secondary N) is 1. The van der Waals surface area contributed by atoms with Gasteiger partial charge in [-0.05, 0) is 28.3 Å². The van der Waals surface area contributed by atoms with Gasteiger partial charge in [0.2, 0.25) is 0 Å². The molecule has 0 aliphatic heterocycles. The monoisotopic (exact) mass is 384 g/mol. The van der Waals surface area contributed by atoms with E-state index in [2.05, 4.69) is 46.4 Å². The minimum absolute atomic E-state index is 0.0406. The van der Waals surface area contributed by atoms with Crippen LogP contribution in [-0.4, -0.2) is 31.3 Å². The summed E-state index contributed by atoms with van der Waals surface area (Å²) in [6, 6.07) is 18.2. The van der Waals surface area contributed by atoms with E-state index in [9.17, 15) is 4.79 Å². The summed E-state index contributed by atoms with van der Waals surface area (Å²) in [6.07, 6.45) is 2.78. The number of pyridine rings is 1. The molecule has 144 valence electrons. The van der Waals surface area contributed by atoms with Crippen LogP contribution in [0.15, 0.2) is 67.0 Å². The molecule has 1 aromatic heterocycles. The first-order chi connectivity index (χ1) is 14.3. The van der Waals surface area contributed by atoms with Crippen molar-refractivity contribution in [2.24, 2.45) is 0 Å². The number of methoxy groups -OCH3 is 1. The Hall–Kier alpha value is -3.78. The van der Waals surface area contributed by atoms with Crippen molar-refractivity contribution in [3.63, 3.8) is 0 Å². The van der Waals surface area contributed by atoms with Crippen molar-refractivity contribution in [1.82, 2.24) is 10.3 Å². The highest BCUT2D eigenvalue weighted by Crippen LogP contribution is 2.44. The van der Waals surface area contributed by atoms with Gasteiger partial charge in [0.15, 0.2) is 0 Å². The summed E-state index contributed by atoms with van der Waals surface area (Å²) in [4.78, 5) is 16.1. The summed E-state index contributed by atoms with van der Waals surface area (Å²) in [7, 11) is 1.58. The van der Waals surface area contributed by atoms with Crippen LogP contribution in [0.1, 0.15) is 22.6 Å². The Morgan fingerprint density at radius 3 is 2.45 bits per heavy atom. The van der Waals surface area contributed by atoms with Crippen molar-refractivity contribution in [3.8, 4) is 28.7 Å². The van der Waals surface area contributed by atoms with Crippen molar-refractivity contribution in [3.05, 3.63) is 83.7 Å². The fourth-order valence-corrected chi connectivity index (χ4v) is 3.56. The summed E-state index contributed by atoms with van der Waals surface area (Å²) in [5.41, 5.74) is 5.45. The Morgan fingerprint density at radius 2 is 1.76 bits per heavy atom. The molecule has 1 heterocycles. The van der Waals surface area contributed by atoms with Crippen LogP contribution in [0, 0.1) is 11.8 Å². The Labute approximate surface area is 169 Å². The lowest BCUT2D eigenvalue weighted by Crippen LogP contribution is -2.26. The van der Waals surface area contributed by atoms with Gasteiger partial charge in [0.25, 0.3) is 0 Å². The molecule has 1 amide bonds. The molecular weight excluding hydrogens is 364 g/mol. The molecule has 2 aromatic carbocycles. The molecule has 4 rings (SSSR count). The van der Waals surface area contributed by atoms with E-state index in [0.717, 1.165) is 0 Å². The van der Waals surface area contributed by atoms with Crippen molar-refractivity contribution in [1.29, 1.82) is 0 Å². The molecule has 29 heavy (non-hydrogen) atoms. The number of amides is 1. The van der Waals surface area contributed by atoms with Gasteiger partial charge in [0.1, 0.15) is 12.4 Å². The van der Waals surface area contributed by atoms with Gasteiger partial charge >= 0.3 is 6.09 Å². The summed E-state index contributed by atoms with van der Waals surface area (Å²) >= 11 is 0. The number of rotatable bonds is 4. The third-order valence-electron chi connectivity index (χ3n) is 4.89. The summed E-state index contributed by atoms with van der Waals surface area (Å²) in [5.74, 6) is 6.51. The van der Waals surface area contributed by atoms with Crippen LogP contribution in [-0.2, 0) is 4.74 Å². The SMILES string of the molecule is COc1ccncc1C#CCNC(=O)OCC1c2ccccc2-c2ccccc21. The number of carbonyl (C=O) groups excluding carboxylic acids is 1. The van der Waals surface area contributed by atoms with E-state index in [1.165, 1.54) is 22.3 Å². The molecule has 3 aromatic rings. The molecule has 0 unspecified atom stereocenters. The van der Waals surface area contributed by atoms with E-state index >= 15 is 0 Å². The number of nitrogens with zero attached hydrogens (tertiary/aromatic N) is 1. The highest BCUT2D eigenvalue weighted by Gasteiger charge is 2.28. The van der Waals surface area contributed by atoms with Crippen LogP contribution in [0.4, 0.5) is 4.79 Å². The Bertz CT molecular complexity index is 1050. The topological polar surface area (TPSA) is 60.5 Å². The van der Waals surface area contributed by atoms with Crippen molar-refractivity contribution in [2.45, 2.75) is 5.92 Å². The Morgan fingerprint density at radius 1 is 1.07 bits per heavy atom. The van der Waals surface area contributed by atoms with Gasteiger partial charge in [0, 0.05) is 18.3 Å². The number of hydrogen-bond donors (Lipinski definition) is 1. The van der Waals surface area contributed by atoms with Gasteiger partial charge in [-0.3, -0.25) is 4.98 Å². The number of fused-ring (bicyclic) bond motifs is 3. The fraction of sp³-hybridized carbons (Fsp3) is 0.167. The van der Waals surface area contributed by atoms with Gasteiger partial charge in [-0.2, -0.15) is 0 Å². The first kappa shape index (κ1) is 18.6. The number of benzene rings is 2. The fourth-order valence-electron chi connectivity index (χ4n) is 3.56. The summed E-state index contributed by atoms with van der Waals surface area (Å²) in [6.45, 7) is 0.457. The van der Waals surface area contributed by atoms with E-state index in [1.54, 1.807) is 25.6 Å². The molecule has 1 aliphatic rings. The molecule has 0 saturated heterocycles. The van der Waals surface area contributed by atoms with Gasteiger partial charge in [-0.15, -0.1) is 0 Å². The second kappa shape index (κ2) is 8.49. The molecule has 5 heteroatoms. The van der Waals surface area contributed by atoms with Crippen LogP contribution in [0.3, 0.4) is 0 Å². The maximum absolute atomic E-state index is 12.1.